The van der Waals surface area contributed by atoms with Crippen molar-refractivity contribution in [2.75, 3.05) is 14.2 Å². The Bertz CT molecular complexity index is 581. The molecule has 1 aromatic carbocycles. The summed E-state index contributed by atoms with van der Waals surface area (Å²) in [6, 6.07) is 5.67. The number of nitrogens with two attached hydrogens (primary N) is 1. The van der Waals surface area contributed by atoms with Crippen LogP contribution >= 0.6 is 0 Å². The lowest BCUT2D eigenvalue weighted by molar-refractivity contribution is 0.354. The van der Waals surface area contributed by atoms with E-state index in [1.54, 1.807) is 14.2 Å². The highest BCUT2D eigenvalue weighted by molar-refractivity contribution is 5.43. The lowest BCUT2D eigenvalue weighted by Gasteiger charge is -2.17. The molecule has 1 aromatic heterocycles. The van der Waals surface area contributed by atoms with Crippen LogP contribution in [0.1, 0.15) is 30.8 Å². The first-order valence-electron chi connectivity index (χ1n) is 7.17. The molecule has 5 heteroatoms. The number of hydrogen-bond acceptors (Lipinski definition) is 4. The Labute approximate surface area is 125 Å². The second-order valence-corrected chi connectivity index (χ2v) is 4.97. The summed E-state index contributed by atoms with van der Waals surface area (Å²) >= 11 is 0. The Morgan fingerprint density at radius 2 is 2.00 bits per heavy atom. The summed E-state index contributed by atoms with van der Waals surface area (Å²) < 4.78 is 12.7. The van der Waals surface area contributed by atoms with Gasteiger partial charge in [-0.15, -0.1) is 0 Å². The average Bonchev–Trinajstić information content (AvgIpc) is 2.94. The number of imidazole rings is 1. The highest BCUT2D eigenvalue weighted by atomic mass is 16.5. The maximum absolute atomic E-state index is 6.32. The first-order chi connectivity index (χ1) is 10.2. The fraction of sp³-hybridized carbons (Fsp3) is 0.438. The van der Waals surface area contributed by atoms with Gasteiger partial charge in [0.15, 0.2) is 11.5 Å². The molecule has 5 nitrogen and oxygen atoms in total. The molecule has 1 heterocycles. The minimum Gasteiger partial charge on any atom is -0.493 e. The van der Waals surface area contributed by atoms with Crippen LogP contribution in [0.15, 0.2) is 30.6 Å². The lowest BCUT2D eigenvalue weighted by atomic mass is 10.1. The number of benzene rings is 1. The minimum absolute atomic E-state index is 0.116. The number of hydrogen-bond donors (Lipinski definition) is 1. The smallest absolute Gasteiger partial charge is 0.161 e. The van der Waals surface area contributed by atoms with Crippen LogP contribution in [0, 0.1) is 0 Å². The van der Waals surface area contributed by atoms with E-state index in [-0.39, 0.29) is 6.04 Å². The van der Waals surface area contributed by atoms with E-state index in [0.29, 0.717) is 18.0 Å². The number of aromatic nitrogens is 2. The van der Waals surface area contributed by atoms with E-state index in [1.165, 1.54) is 0 Å². The van der Waals surface area contributed by atoms with Crippen LogP contribution in [-0.2, 0) is 13.0 Å². The summed E-state index contributed by atoms with van der Waals surface area (Å²) in [6.07, 6.45) is 5.84. The van der Waals surface area contributed by atoms with E-state index in [9.17, 15) is 0 Å². The molecule has 0 amide bonds. The predicted molar refractivity (Wildman–Crippen MR) is 82.7 cm³/mol. The van der Waals surface area contributed by atoms with Crippen molar-refractivity contribution in [2.45, 2.75) is 32.4 Å². The number of methoxy groups -OCH3 is 2. The van der Waals surface area contributed by atoms with Gasteiger partial charge in [-0.1, -0.05) is 13.0 Å². The summed E-state index contributed by atoms with van der Waals surface area (Å²) in [5.41, 5.74) is 7.34. The Morgan fingerprint density at radius 3 is 2.67 bits per heavy atom. The van der Waals surface area contributed by atoms with Gasteiger partial charge < -0.3 is 19.8 Å². The standard InChI is InChI=1S/C16H23N3O2/c1-4-5-16-18-8-9-19(16)11-13(17)12-6-7-14(20-2)15(10-12)21-3/h6-10,13H,4-5,11,17H2,1-3H3. The fourth-order valence-electron chi connectivity index (χ4n) is 2.36. The molecular formula is C16H23N3O2. The molecular weight excluding hydrogens is 266 g/mol. The van der Waals surface area contributed by atoms with E-state index in [4.69, 9.17) is 15.2 Å². The van der Waals surface area contributed by atoms with E-state index in [2.05, 4.69) is 16.5 Å². The van der Waals surface area contributed by atoms with Crippen LogP contribution in [0.2, 0.25) is 0 Å². The molecule has 1 atom stereocenters. The van der Waals surface area contributed by atoms with Crippen LogP contribution in [-0.4, -0.2) is 23.8 Å². The summed E-state index contributed by atoms with van der Waals surface area (Å²) in [5.74, 6) is 2.49. The van der Waals surface area contributed by atoms with Crippen LogP contribution in [0.5, 0.6) is 11.5 Å². The van der Waals surface area contributed by atoms with Gasteiger partial charge in [0.25, 0.3) is 0 Å². The highest BCUT2D eigenvalue weighted by Gasteiger charge is 2.12. The number of aryl methyl sites for hydroxylation is 1. The molecule has 0 saturated carbocycles. The zero-order valence-corrected chi connectivity index (χ0v) is 12.9. The Hall–Kier alpha value is -2.01. The van der Waals surface area contributed by atoms with Crippen LogP contribution in [0.25, 0.3) is 0 Å². The van der Waals surface area contributed by atoms with Crippen molar-refractivity contribution in [3.63, 3.8) is 0 Å². The maximum atomic E-state index is 6.32. The van der Waals surface area contributed by atoms with Gasteiger partial charge >= 0.3 is 0 Å². The largest absolute Gasteiger partial charge is 0.493 e. The van der Waals surface area contributed by atoms with Crippen LogP contribution in [0.4, 0.5) is 0 Å². The summed E-state index contributed by atoms with van der Waals surface area (Å²) in [6.45, 7) is 2.85. The summed E-state index contributed by atoms with van der Waals surface area (Å²) in [7, 11) is 3.25. The van der Waals surface area contributed by atoms with Crippen molar-refractivity contribution >= 4 is 0 Å². The quantitative estimate of drug-likeness (QED) is 0.851. The predicted octanol–water partition coefficient (Wildman–Crippen LogP) is 2.55. The monoisotopic (exact) mass is 289 g/mol. The topological polar surface area (TPSA) is 62.3 Å². The van der Waals surface area contributed by atoms with Gasteiger partial charge in [-0.05, 0) is 24.1 Å². The number of nitrogens with zero attached hydrogens (tertiary/aromatic N) is 2. The van der Waals surface area contributed by atoms with Crippen LogP contribution < -0.4 is 15.2 Å². The second-order valence-electron chi connectivity index (χ2n) is 4.97. The Morgan fingerprint density at radius 1 is 1.24 bits per heavy atom. The average molecular weight is 289 g/mol. The van der Waals surface area contributed by atoms with Gasteiger partial charge in [0, 0.05) is 31.4 Å². The first-order valence-corrected chi connectivity index (χ1v) is 7.17. The third-order valence-electron chi connectivity index (χ3n) is 3.50. The molecule has 0 aliphatic heterocycles. The van der Waals surface area contributed by atoms with Gasteiger partial charge in [-0.2, -0.15) is 0 Å². The lowest BCUT2D eigenvalue weighted by Crippen LogP contribution is -2.18. The van der Waals surface area contributed by atoms with Gasteiger partial charge in [0.2, 0.25) is 0 Å². The Kier molecular flexibility index (Phi) is 5.22. The van der Waals surface area contributed by atoms with Crippen LogP contribution in [0.3, 0.4) is 0 Å². The second kappa shape index (κ2) is 7.13. The zero-order valence-electron chi connectivity index (χ0n) is 12.9. The van der Waals surface area contributed by atoms with Gasteiger partial charge in [-0.3, -0.25) is 0 Å². The molecule has 2 aromatic rings. The SMILES string of the molecule is CCCc1nccn1CC(N)c1ccc(OC)c(OC)c1. The van der Waals surface area contributed by atoms with E-state index < -0.39 is 0 Å². The molecule has 1 unspecified atom stereocenters. The van der Waals surface area contributed by atoms with Crippen molar-refractivity contribution in [3.05, 3.63) is 42.0 Å². The molecule has 0 fully saturated rings. The van der Waals surface area contributed by atoms with Crippen molar-refractivity contribution in [2.24, 2.45) is 5.73 Å². The van der Waals surface area contributed by atoms with Crippen molar-refractivity contribution < 1.29 is 9.47 Å². The molecule has 114 valence electrons. The van der Waals surface area contributed by atoms with E-state index in [0.717, 1.165) is 24.2 Å². The highest BCUT2D eigenvalue weighted by Crippen LogP contribution is 2.29. The molecule has 0 aliphatic rings. The maximum Gasteiger partial charge on any atom is 0.161 e. The van der Waals surface area contributed by atoms with Gasteiger partial charge in [0.05, 0.1) is 14.2 Å². The molecule has 0 saturated heterocycles. The third-order valence-corrected chi connectivity index (χ3v) is 3.50. The van der Waals surface area contributed by atoms with Crippen molar-refractivity contribution in [3.8, 4) is 11.5 Å². The fourth-order valence-corrected chi connectivity index (χ4v) is 2.36. The van der Waals surface area contributed by atoms with E-state index in [1.807, 2.05) is 30.6 Å². The molecule has 2 N–H and O–H groups in total. The van der Waals surface area contributed by atoms with Gasteiger partial charge in [0.1, 0.15) is 5.82 Å². The van der Waals surface area contributed by atoms with E-state index >= 15 is 0 Å². The number of rotatable bonds is 7. The summed E-state index contributed by atoms with van der Waals surface area (Å²) in [5, 5.41) is 0. The number of ether oxygens (including phenoxy) is 2. The van der Waals surface area contributed by atoms with Crippen molar-refractivity contribution in [1.29, 1.82) is 0 Å². The normalized spacial score (nSPS) is 12.2. The minimum atomic E-state index is -0.116. The molecule has 21 heavy (non-hydrogen) atoms. The first kappa shape index (κ1) is 15.4. The molecule has 0 aliphatic carbocycles. The van der Waals surface area contributed by atoms with Gasteiger partial charge in [-0.25, -0.2) is 4.98 Å². The zero-order chi connectivity index (χ0) is 15.2. The molecule has 0 radical (unpaired) electrons. The molecule has 2 rings (SSSR count). The third kappa shape index (κ3) is 3.55. The summed E-state index contributed by atoms with van der Waals surface area (Å²) in [4.78, 5) is 4.38. The Balaban J connectivity index is 2.16. The van der Waals surface area contributed by atoms with Crippen molar-refractivity contribution in [1.82, 2.24) is 9.55 Å². The molecule has 0 spiro atoms. The molecule has 0 bridgehead atoms.